The Bertz CT molecular complexity index is 196. The van der Waals surface area contributed by atoms with Gasteiger partial charge in [-0.05, 0) is 32.2 Å². The van der Waals surface area contributed by atoms with E-state index in [1.165, 1.54) is 5.57 Å². The molecule has 12 heavy (non-hydrogen) atoms. The molecule has 0 aromatic rings. The van der Waals surface area contributed by atoms with Crippen molar-refractivity contribution in [2.75, 3.05) is 6.54 Å². The van der Waals surface area contributed by atoms with Crippen molar-refractivity contribution >= 4 is 0 Å². The molecule has 0 fully saturated rings. The molecule has 4 N–H and O–H groups in total. The maximum Gasteiger partial charge on any atom is 0.0354 e. The van der Waals surface area contributed by atoms with Crippen molar-refractivity contribution in [3.63, 3.8) is 0 Å². The number of rotatable bonds is 2. The van der Waals surface area contributed by atoms with Crippen LogP contribution >= 0.6 is 0 Å². The zero-order chi connectivity index (χ0) is 9.03. The van der Waals surface area contributed by atoms with Crippen molar-refractivity contribution in [3.05, 3.63) is 24.3 Å². The molecule has 1 rings (SSSR count). The summed E-state index contributed by atoms with van der Waals surface area (Å²) in [7, 11) is 0. The molecule has 1 unspecified atom stereocenters. The Kier molecular flexibility index (Phi) is 3.06. The van der Waals surface area contributed by atoms with Crippen LogP contribution in [0.15, 0.2) is 24.3 Å². The molecule has 1 aliphatic rings. The van der Waals surface area contributed by atoms with E-state index in [2.05, 4.69) is 12.7 Å². The van der Waals surface area contributed by atoms with Crippen LogP contribution in [0.5, 0.6) is 0 Å². The highest BCUT2D eigenvalue weighted by molar-refractivity contribution is 5.22. The average Bonchev–Trinajstić information content (AvgIpc) is 2.15. The highest BCUT2D eigenvalue weighted by Crippen LogP contribution is 2.23. The molecule has 1 aliphatic carbocycles. The van der Waals surface area contributed by atoms with Crippen molar-refractivity contribution in [1.82, 2.24) is 0 Å². The van der Waals surface area contributed by atoms with E-state index in [4.69, 9.17) is 11.5 Å². The standard InChI is InChI=1S/C10H18N2/c1-9-3-2-5-10(12,6-4-9)7-8-11/h4,6H,1-3,5,7-8,11-12H2. The molecule has 2 heteroatoms. The van der Waals surface area contributed by atoms with E-state index in [0.717, 1.165) is 25.7 Å². The van der Waals surface area contributed by atoms with Gasteiger partial charge in [0.25, 0.3) is 0 Å². The van der Waals surface area contributed by atoms with Crippen molar-refractivity contribution < 1.29 is 0 Å². The first-order valence-electron chi connectivity index (χ1n) is 4.52. The largest absolute Gasteiger partial charge is 0.330 e. The molecule has 0 heterocycles. The predicted molar refractivity (Wildman–Crippen MR) is 52.7 cm³/mol. The Morgan fingerprint density at radius 3 is 3.00 bits per heavy atom. The third-order valence-electron chi connectivity index (χ3n) is 2.40. The van der Waals surface area contributed by atoms with Crippen molar-refractivity contribution in [2.24, 2.45) is 11.5 Å². The van der Waals surface area contributed by atoms with Crippen LogP contribution in [0.4, 0.5) is 0 Å². The quantitative estimate of drug-likeness (QED) is 0.650. The fraction of sp³-hybridized carbons (Fsp3) is 0.600. The Morgan fingerprint density at radius 1 is 1.58 bits per heavy atom. The average molecular weight is 166 g/mol. The molecule has 0 bridgehead atoms. The van der Waals surface area contributed by atoms with Crippen LogP contribution in [-0.4, -0.2) is 12.1 Å². The zero-order valence-electron chi connectivity index (χ0n) is 7.55. The first-order chi connectivity index (χ1) is 5.66. The lowest BCUT2D eigenvalue weighted by Crippen LogP contribution is -2.39. The lowest BCUT2D eigenvalue weighted by atomic mass is 9.91. The van der Waals surface area contributed by atoms with Crippen LogP contribution in [0.25, 0.3) is 0 Å². The van der Waals surface area contributed by atoms with Crippen molar-refractivity contribution in [3.8, 4) is 0 Å². The highest BCUT2D eigenvalue weighted by Gasteiger charge is 2.21. The smallest absolute Gasteiger partial charge is 0.0354 e. The van der Waals surface area contributed by atoms with E-state index in [-0.39, 0.29) is 5.54 Å². The number of hydrogen-bond donors (Lipinski definition) is 2. The Labute approximate surface area is 74.3 Å². The van der Waals surface area contributed by atoms with Crippen LogP contribution in [0, 0.1) is 0 Å². The second kappa shape index (κ2) is 3.87. The Morgan fingerprint density at radius 2 is 2.33 bits per heavy atom. The maximum absolute atomic E-state index is 6.12. The molecule has 0 spiro atoms. The topological polar surface area (TPSA) is 52.0 Å². The molecule has 0 aliphatic heterocycles. The SMILES string of the molecule is C=C1C=CC(N)(CCN)CCC1. The van der Waals surface area contributed by atoms with Gasteiger partial charge in [0.2, 0.25) is 0 Å². The monoisotopic (exact) mass is 166 g/mol. The van der Waals surface area contributed by atoms with E-state index >= 15 is 0 Å². The lowest BCUT2D eigenvalue weighted by molar-refractivity contribution is 0.449. The van der Waals surface area contributed by atoms with Gasteiger partial charge in [-0.15, -0.1) is 0 Å². The summed E-state index contributed by atoms with van der Waals surface area (Å²) in [6.07, 6.45) is 8.21. The van der Waals surface area contributed by atoms with E-state index < -0.39 is 0 Å². The van der Waals surface area contributed by atoms with Gasteiger partial charge in [-0.1, -0.05) is 24.3 Å². The van der Waals surface area contributed by atoms with Gasteiger partial charge in [0.05, 0.1) is 0 Å². The molecule has 68 valence electrons. The van der Waals surface area contributed by atoms with Gasteiger partial charge in [0.1, 0.15) is 0 Å². The minimum atomic E-state index is -0.172. The summed E-state index contributed by atoms with van der Waals surface area (Å²) >= 11 is 0. The van der Waals surface area contributed by atoms with Crippen LogP contribution < -0.4 is 11.5 Å². The van der Waals surface area contributed by atoms with Gasteiger partial charge in [0, 0.05) is 5.54 Å². The normalized spacial score (nSPS) is 30.3. The predicted octanol–water partition coefficient (Wildman–Crippen LogP) is 1.33. The van der Waals surface area contributed by atoms with Gasteiger partial charge in [-0.2, -0.15) is 0 Å². The van der Waals surface area contributed by atoms with Crippen molar-refractivity contribution in [1.29, 1.82) is 0 Å². The third-order valence-corrected chi connectivity index (χ3v) is 2.40. The third kappa shape index (κ3) is 2.47. The fourth-order valence-corrected chi connectivity index (χ4v) is 1.57. The van der Waals surface area contributed by atoms with E-state index in [9.17, 15) is 0 Å². The summed E-state index contributed by atoms with van der Waals surface area (Å²) in [6, 6.07) is 0. The summed E-state index contributed by atoms with van der Waals surface area (Å²) in [5.74, 6) is 0. The van der Waals surface area contributed by atoms with Gasteiger partial charge in [-0.25, -0.2) is 0 Å². The number of nitrogens with two attached hydrogens (primary N) is 2. The van der Waals surface area contributed by atoms with Crippen LogP contribution in [-0.2, 0) is 0 Å². The molecule has 0 amide bonds. The van der Waals surface area contributed by atoms with Gasteiger partial charge in [-0.3, -0.25) is 0 Å². The molecule has 0 aromatic carbocycles. The van der Waals surface area contributed by atoms with Gasteiger partial charge < -0.3 is 11.5 Å². The molecule has 0 radical (unpaired) electrons. The van der Waals surface area contributed by atoms with Crippen LogP contribution in [0.2, 0.25) is 0 Å². The summed E-state index contributed by atoms with van der Waals surface area (Å²) in [5, 5.41) is 0. The van der Waals surface area contributed by atoms with E-state index in [1.807, 2.05) is 6.08 Å². The fourth-order valence-electron chi connectivity index (χ4n) is 1.57. The number of hydrogen-bond acceptors (Lipinski definition) is 2. The summed E-state index contributed by atoms with van der Waals surface area (Å²) < 4.78 is 0. The minimum absolute atomic E-state index is 0.172. The summed E-state index contributed by atoms with van der Waals surface area (Å²) in [6.45, 7) is 4.59. The lowest BCUT2D eigenvalue weighted by Gasteiger charge is -2.23. The van der Waals surface area contributed by atoms with Crippen molar-refractivity contribution in [2.45, 2.75) is 31.2 Å². The first kappa shape index (κ1) is 9.49. The Balaban J connectivity index is 2.64. The molecule has 0 aromatic heterocycles. The summed E-state index contributed by atoms with van der Waals surface area (Å²) in [5.41, 5.74) is 12.6. The minimum Gasteiger partial charge on any atom is -0.330 e. The summed E-state index contributed by atoms with van der Waals surface area (Å²) in [4.78, 5) is 0. The molecule has 1 atom stereocenters. The molecular formula is C10H18N2. The second-order valence-electron chi connectivity index (χ2n) is 3.62. The van der Waals surface area contributed by atoms with E-state index in [1.54, 1.807) is 0 Å². The van der Waals surface area contributed by atoms with Gasteiger partial charge >= 0.3 is 0 Å². The maximum atomic E-state index is 6.12. The molecular weight excluding hydrogens is 148 g/mol. The molecule has 0 saturated carbocycles. The molecule has 2 nitrogen and oxygen atoms in total. The van der Waals surface area contributed by atoms with Crippen LogP contribution in [0.1, 0.15) is 25.7 Å². The van der Waals surface area contributed by atoms with Crippen LogP contribution in [0.3, 0.4) is 0 Å². The second-order valence-corrected chi connectivity index (χ2v) is 3.62. The zero-order valence-corrected chi connectivity index (χ0v) is 7.55. The first-order valence-corrected chi connectivity index (χ1v) is 4.52. The highest BCUT2D eigenvalue weighted by atomic mass is 14.7. The number of allylic oxidation sites excluding steroid dienone is 2. The Hall–Kier alpha value is -0.600. The van der Waals surface area contributed by atoms with Gasteiger partial charge in [0.15, 0.2) is 0 Å². The molecule has 0 saturated heterocycles. The van der Waals surface area contributed by atoms with E-state index in [0.29, 0.717) is 6.54 Å².